The van der Waals surface area contributed by atoms with Crippen molar-refractivity contribution in [1.82, 2.24) is 0 Å². The Labute approximate surface area is 105 Å². The Morgan fingerprint density at radius 2 is 1.76 bits per heavy atom. The second-order valence-corrected chi connectivity index (χ2v) is 4.49. The van der Waals surface area contributed by atoms with Crippen molar-refractivity contribution in [3.63, 3.8) is 0 Å². The van der Waals surface area contributed by atoms with Gasteiger partial charge in [0.1, 0.15) is 0 Å². The number of halogens is 1. The maximum Gasteiger partial charge on any atom is 0.303 e. The predicted octanol–water partition coefficient (Wildman–Crippen LogP) is 3.39. The summed E-state index contributed by atoms with van der Waals surface area (Å²) in [5, 5.41) is 8.93. The smallest absolute Gasteiger partial charge is 0.303 e. The average molecular weight is 255 g/mol. The fourth-order valence-corrected chi connectivity index (χ4v) is 1.85. The Kier molecular flexibility index (Phi) is 4.70. The predicted molar refractivity (Wildman–Crippen MR) is 66.7 cm³/mol. The number of ketones is 1. The lowest BCUT2D eigenvalue weighted by atomic mass is 10.0. The molecule has 0 atom stereocenters. The van der Waals surface area contributed by atoms with Gasteiger partial charge in [0, 0.05) is 18.4 Å². The number of hydrogen-bond donors (Lipinski definition) is 1. The largest absolute Gasteiger partial charge is 0.481 e. The van der Waals surface area contributed by atoms with E-state index < -0.39 is 5.97 Å². The number of rotatable bonds is 5. The summed E-state index contributed by atoms with van der Waals surface area (Å²) in [6.45, 7) is 3.85. The number of aryl methyl sites for hydroxylation is 2. The summed E-state index contributed by atoms with van der Waals surface area (Å²) >= 11 is 6.00. The molecule has 0 amide bonds. The zero-order valence-corrected chi connectivity index (χ0v) is 10.7. The van der Waals surface area contributed by atoms with Crippen molar-refractivity contribution in [2.24, 2.45) is 0 Å². The van der Waals surface area contributed by atoms with Gasteiger partial charge in [-0.2, -0.15) is 0 Å². The highest BCUT2D eigenvalue weighted by Crippen LogP contribution is 2.22. The van der Waals surface area contributed by atoms with E-state index in [2.05, 4.69) is 0 Å². The molecule has 0 heterocycles. The highest BCUT2D eigenvalue weighted by Gasteiger charge is 2.12. The molecule has 0 saturated heterocycles. The van der Waals surface area contributed by atoms with Crippen molar-refractivity contribution >= 4 is 23.4 Å². The van der Waals surface area contributed by atoms with E-state index in [1.807, 2.05) is 13.8 Å². The molecule has 4 heteroatoms. The van der Waals surface area contributed by atoms with Gasteiger partial charge in [-0.3, -0.25) is 9.59 Å². The molecule has 0 radical (unpaired) electrons. The lowest BCUT2D eigenvalue weighted by molar-refractivity contribution is -0.137. The van der Waals surface area contributed by atoms with Crippen molar-refractivity contribution in [3.05, 3.63) is 33.8 Å². The number of benzene rings is 1. The number of carbonyl (C=O) groups is 2. The lowest BCUT2D eigenvalue weighted by Crippen LogP contribution is -2.03. The SMILES string of the molecule is Cc1cc(Cl)c(C(=O)CCCC(=O)O)cc1C. The zero-order valence-electron chi connectivity index (χ0n) is 9.92. The van der Waals surface area contributed by atoms with Crippen LogP contribution in [0.3, 0.4) is 0 Å². The third kappa shape index (κ3) is 3.86. The molecular formula is C13H15ClO3. The first-order valence-electron chi connectivity index (χ1n) is 5.43. The lowest BCUT2D eigenvalue weighted by Gasteiger charge is -2.07. The molecule has 1 aromatic carbocycles. The number of carboxylic acids is 1. The van der Waals surface area contributed by atoms with Crippen LogP contribution in [-0.4, -0.2) is 16.9 Å². The van der Waals surface area contributed by atoms with E-state index >= 15 is 0 Å². The summed E-state index contributed by atoms with van der Waals surface area (Å²) in [5.41, 5.74) is 2.54. The van der Waals surface area contributed by atoms with E-state index in [-0.39, 0.29) is 18.6 Å². The molecule has 0 fully saturated rings. The van der Waals surface area contributed by atoms with Gasteiger partial charge in [-0.15, -0.1) is 0 Å². The summed E-state index contributed by atoms with van der Waals surface area (Å²) in [6.07, 6.45) is 0.570. The number of carboxylic acid groups (broad SMARTS) is 1. The number of hydrogen-bond acceptors (Lipinski definition) is 2. The van der Waals surface area contributed by atoms with E-state index in [1.165, 1.54) is 0 Å². The molecule has 0 saturated carbocycles. The van der Waals surface area contributed by atoms with Crippen LogP contribution in [0.4, 0.5) is 0 Å². The van der Waals surface area contributed by atoms with Crippen molar-refractivity contribution in [2.45, 2.75) is 33.1 Å². The Morgan fingerprint density at radius 3 is 2.35 bits per heavy atom. The van der Waals surface area contributed by atoms with E-state index in [0.29, 0.717) is 17.0 Å². The molecule has 92 valence electrons. The maximum atomic E-state index is 11.8. The molecule has 0 bridgehead atoms. The van der Waals surface area contributed by atoms with Gasteiger partial charge in [-0.1, -0.05) is 11.6 Å². The van der Waals surface area contributed by atoms with Gasteiger partial charge in [-0.25, -0.2) is 0 Å². The highest BCUT2D eigenvalue weighted by molar-refractivity contribution is 6.34. The number of aliphatic carboxylic acids is 1. The third-order valence-corrected chi connectivity index (χ3v) is 2.99. The van der Waals surface area contributed by atoms with Crippen LogP contribution in [-0.2, 0) is 4.79 Å². The minimum atomic E-state index is -0.885. The molecule has 17 heavy (non-hydrogen) atoms. The van der Waals surface area contributed by atoms with Crippen molar-refractivity contribution in [2.75, 3.05) is 0 Å². The zero-order chi connectivity index (χ0) is 13.0. The van der Waals surface area contributed by atoms with Crippen LogP contribution in [0.2, 0.25) is 5.02 Å². The summed E-state index contributed by atoms with van der Waals surface area (Å²) in [6, 6.07) is 3.53. The molecular weight excluding hydrogens is 240 g/mol. The standard InChI is InChI=1S/C13H15ClO3/c1-8-6-10(11(14)7-9(8)2)12(15)4-3-5-13(16)17/h6-7H,3-5H2,1-2H3,(H,16,17). The molecule has 0 aliphatic heterocycles. The molecule has 3 nitrogen and oxygen atoms in total. The Bertz CT molecular complexity index is 452. The van der Waals surface area contributed by atoms with Crippen molar-refractivity contribution < 1.29 is 14.7 Å². The number of Topliss-reactive ketones (excluding diaryl/α,β-unsaturated/α-hetero) is 1. The minimum Gasteiger partial charge on any atom is -0.481 e. The van der Waals surface area contributed by atoms with Crippen LogP contribution in [0.15, 0.2) is 12.1 Å². The fraction of sp³-hybridized carbons (Fsp3) is 0.385. The summed E-state index contributed by atoms with van der Waals surface area (Å²) in [7, 11) is 0. The monoisotopic (exact) mass is 254 g/mol. The van der Waals surface area contributed by atoms with Crippen molar-refractivity contribution in [3.8, 4) is 0 Å². The third-order valence-electron chi connectivity index (χ3n) is 2.68. The van der Waals surface area contributed by atoms with E-state index in [1.54, 1.807) is 12.1 Å². The first-order chi connectivity index (χ1) is 7.91. The van der Waals surface area contributed by atoms with Crippen LogP contribution in [0.25, 0.3) is 0 Å². The van der Waals surface area contributed by atoms with Gasteiger partial charge in [-0.05, 0) is 43.5 Å². The molecule has 1 aromatic rings. The number of carbonyl (C=O) groups excluding carboxylic acids is 1. The summed E-state index contributed by atoms with van der Waals surface area (Å²) in [4.78, 5) is 22.2. The maximum absolute atomic E-state index is 11.8. The first-order valence-corrected chi connectivity index (χ1v) is 5.81. The van der Waals surface area contributed by atoms with E-state index in [9.17, 15) is 9.59 Å². The van der Waals surface area contributed by atoms with Gasteiger partial charge >= 0.3 is 5.97 Å². The van der Waals surface area contributed by atoms with Crippen LogP contribution >= 0.6 is 11.6 Å². The molecule has 0 aromatic heterocycles. The molecule has 0 unspecified atom stereocenters. The first kappa shape index (κ1) is 13.7. The van der Waals surface area contributed by atoms with Crippen LogP contribution in [0.5, 0.6) is 0 Å². The molecule has 1 N–H and O–H groups in total. The fourth-order valence-electron chi connectivity index (χ4n) is 1.53. The highest BCUT2D eigenvalue weighted by atomic mass is 35.5. The van der Waals surface area contributed by atoms with Gasteiger partial charge in [0.25, 0.3) is 0 Å². The summed E-state index contributed by atoms with van der Waals surface area (Å²) < 4.78 is 0. The normalized spacial score (nSPS) is 10.3. The van der Waals surface area contributed by atoms with Gasteiger partial charge in [0.2, 0.25) is 0 Å². The van der Waals surface area contributed by atoms with Gasteiger partial charge < -0.3 is 5.11 Å². The molecule has 0 aliphatic carbocycles. The van der Waals surface area contributed by atoms with Crippen LogP contribution in [0, 0.1) is 13.8 Å². The van der Waals surface area contributed by atoms with E-state index in [4.69, 9.17) is 16.7 Å². The Morgan fingerprint density at radius 1 is 1.18 bits per heavy atom. The van der Waals surface area contributed by atoms with Gasteiger partial charge in [0.15, 0.2) is 5.78 Å². The summed E-state index contributed by atoms with van der Waals surface area (Å²) in [5.74, 6) is -0.983. The van der Waals surface area contributed by atoms with Crippen LogP contribution in [0.1, 0.15) is 40.7 Å². The average Bonchev–Trinajstić information content (AvgIpc) is 2.22. The Balaban J connectivity index is 2.75. The second kappa shape index (κ2) is 5.82. The molecule has 0 spiro atoms. The Hall–Kier alpha value is -1.35. The van der Waals surface area contributed by atoms with Gasteiger partial charge in [0.05, 0.1) is 5.02 Å². The van der Waals surface area contributed by atoms with Crippen LogP contribution < -0.4 is 0 Å². The minimum absolute atomic E-state index is 0.00814. The second-order valence-electron chi connectivity index (χ2n) is 4.09. The molecule has 1 rings (SSSR count). The van der Waals surface area contributed by atoms with Crippen molar-refractivity contribution in [1.29, 1.82) is 0 Å². The molecule has 0 aliphatic rings. The quantitative estimate of drug-likeness (QED) is 0.820. The topological polar surface area (TPSA) is 54.4 Å². The van der Waals surface area contributed by atoms with E-state index in [0.717, 1.165) is 11.1 Å².